The molecule has 0 saturated carbocycles. The molecule has 0 spiro atoms. The Kier molecular flexibility index (Phi) is 6.50. The Bertz CT molecular complexity index is 2510. The molecule has 7 heteroatoms. The van der Waals surface area contributed by atoms with Gasteiger partial charge in [-0.1, -0.05) is 54.6 Å². The average Bonchev–Trinajstić information content (AvgIpc) is 3.79. The quantitative estimate of drug-likeness (QED) is 0.188. The van der Waals surface area contributed by atoms with Crippen LogP contribution in [0, 0.1) is 0 Å². The van der Waals surface area contributed by atoms with E-state index in [-0.39, 0.29) is 11.2 Å². The first-order valence-corrected chi connectivity index (χ1v) is 16.7. The molecule has 7 nitrogen and oxygen atoms in total. The van der Waals surface area contributed by atoms with Gasteiger partial charge in [0.15, 0.2) is 0 Å². The third-order valence-corrected chi connectivity index (χ3v) is 9.35. The van der Waals surface area contributed by atoms with Crippen LogP contribution in [0.3, 0.4) is 0 Å². The standard InChI is InChI=1S/C42H35N5O2/c1-41(2)24-45-39(48-41)29-16-27(20-43-22-29)26-14-15-34-36(18-26)47(31-10-6-5-7-11-31)37-19-35(32-12-8-9-13-33(32)38(34)37)28-17-30(23-44-21-28)40-46-25-42(3,4)49-40/h5-23H,24-25H2,1-4H3. The molecule has 0 bridgehead atoms. The number of hydrogen-bond acceptors (Lipinski definition) is 6. The van der Waals surface area contributed by atoms with Crippen molar-refractivity contribution in [3.8, 4) is 27.9 Å². The van der Waals surface area contributed by atoms with E-state index in [1.165, 1.54) is 16.2 Å². The molecule has 0 fully saturated rings. The molecule has 0 unspecified atom stereocenters. The van der Waals surface area contributed by atoms with Gasteiger partial charge in [-0.15, -0.1) is 0 Å². The zero-order valence-electron chi connectivity index (χ0n) is 27.9. The smallest absolute Gasteiger partial charge is 0.218 e. The third-order valence-electron chi connectivity index (χ3n) is 9.35. The van der Waals surface area contributed by atoms with Gasteiger partial charge in [0.2, 0.25) is 11.8 Å². The maximum atomic E-state index is 6.18. The van der Waals surface area contributed by atoms with E-state index in [1.807, 2.05) is 24.8 Å². The van der Waals surface area contributed by atoms with Crippen LogP contribution >= 0.6 is 0 Å². The summed E-state index contributed by atoms with van der Waals surface area (Å²) in [5.41, 5.74) is 8.66. The summed E-state index contributed by atoms with van der Waals surface area (Å²) in [6, 6.07) is 32.5. The number of benzene rings is 4. The third kappa shape index (κ3) is 5.05. The van der Waals surface area contributed by atoms with E-state index in [2.05, 4.69) is 143 Å². The molecule has 3 aromatic heterocycles. The van der Waals surface area contributed by atoms with Crippen molar-refractivity contribution in [3.63, 3.8) is 0 Å². The SMILES string of the molecule is CC1(C)CN=C(c2cncc(-c3ccc4c5c6ccccc6c(-c6cncc(C7=NCC(C)(C)O7)c6)cc5n(-c5ccccc5)c4c3)c2)O1. The van der Waals surface area contributed by atoms with Gasteiger partial charge in [-0.05, 0) is 86.0 Å². The number of aliphatic imine (C=N–C) groups is 2. The second-order valence-corrected chi connectivity index (χ2v) is 14.2. The molecular weight excluding hydrogens is 606 g/mol. The maximum Gasteiger partial charge on any atom is 0.218 e. The molecule has 0 N–H and O–H groups in total. The highest BCUT2D eigenvalue weighted by Gasteiger charge is 2.30. The molecule has 7 aromatic rings. The van der Waals surface area contributed by atoms with Gasteiger partial charge in [0.25, 0.3) is 0 Å². The van der Waals surface area contributed by atoms with Gasteiger partial charge in [0, 0.05) is 52.4 Å². The molecule has 5 heterocycles. The first kappa shape index (κ1) is 29.3. The summed E-state index contributed by atoms with van der Waals surface area (Å²) in [6.07, 6.45) is 7.51. The van der Waals surface area contributed by atoms with Crippen molar-refractivity contribution in [2.24, 2.45) is 9.98 Å². The largest absolute Gasteiger partial charge is 0.469 e. The molecule has 4 aromatic carbocycles. The number of fused-ring (bicyclic) bond motifs is 5. The predicted octanol–water partition coefficient (Wildman–Crippen LogP) is 9.17. The van der Waals surface area contributed by atoms with Crippen molar-refractivity contribution in [3.05, 3.63) is 127 Å². The lowest BCUT2D eigenvalue weighted by Crippen LogP contribution is -2.24. The summed E-state index contributed by atoms with van der Waals surface area (Å²) < 4.78 is 14.7. The zero-order valence-corrected chi connectivity index (χ0v) is 27.9. The number of ether oxygens (including phenoxy) is 2. The lowest BCUT2D eigenvalue weighted by Gasteiger charge is -2.17. The lowest BCUT2D eigenvalue weighted by molar-refractivity contribution is 0.131. The second kappa shape index (κ2) is 10.9. The highest BCUT2D eigenvalue weighted by atomic mass is 16.5. The fourth-order valence-electron chi connectivity index (χ4n) is 7.05. The van der Waals surface area contributed by atoms with Crippen LogP contribution < -0.4 is 0 Å². The molecule has 9 rings (SSSR count). The second-order valence-electron chi connectivity index (χ2n) is 14.2. The van der Waals surface area contributed by atoms with Gasteiger partial charge < -0.3 is 14.0 Å². The Balaban J connectivity index is 1.27. The molecule has 0 atom stereocenters. The summed E-state index contributed by atoms with van der Waals surface area (Å²) >= 11 is 0. The van der Waals surface area contributed by atoms with Gasteiger partial charge >= 0.3 is 0 Å². The summed E-state index contributed by atoms with van der Waals surface area (Å²) in [5.74, 6) is 1.29. The first-order chi connectivity index (χ1) is 23.7. The fraction of sp³-hybridized carbons (Fsp3) is 0.190. The van der Waals surface area contributed by atoms with Crippen LogP contribution in [-0.2, 0) is 9.47 Å². The number of hydrogen-bond donors (Lipinski definition) is 0. The number of rotatable bonds is 5. The Hall–Kier alpha value is -5.82. The van der Waals surface area contributed by atoms with E-state index in [4.69, 9.17) is 9.47 Å². The molecule has 49 heavy (non-hydrogen) atoms. The zero-order chi connectivity index (χ0) is 33.3. The van der Waals surface area contributed by atoms with Gasteiger partial charge in [-0.3, -0.25) is 9.97 Å². The Morgan fingerprint density at radius 2 is 1.12 bits per heavy atom. The molecule has 0 aliphatic carbocycles. The van der Waals surface area contributed by atoms with E-state index in [9.17, 15) is 0 Å². The maximum absolute atomic E-state index is 6.18. The molecule has 240 valence electrons. The van der Waals surface area contributed by atoms with Gasteiger partial charge in [-0.25, -0.2) is 9.98 Å². The predicted molar refractivity (Wildman–Crippen MR) is 198 cm³/mol. The van der Waals surface area contributed by atoms with Gasteiger partial charge in [-0.2, -0.15) is 0 Å². The summed E-state index contributed by atoms with van der Waals surface area (Å²) in [4.78, 5) is 18.6. The summed E-state index contributed by atoms with van der Waals surface area (Å²) in [6.45, 7) is 9.48. The summed E-state index contributed by atoms with van der Waals surface area (Å²) in [5, 5.41) is 4.74. The van der Waals surface area contributed by atoms with Crippen molar-refractivity contribution in [2.45, 2.75) is 38.9 Å². The molecule has 2 aliphatic heterocycles. The van der Waals surface area contributed by atoms with E-state index >= 15 is 0 Å². The Morgan fingerprint density at radius 1 is 0.531 bits per heavy atom. The lowest BCUT2D eigenvalue weighted by atomic mass is 9.94. The van der Waals surface area contributed by atoms with Crippen LogP contribution in [0.5, 0.6) is 0 Å². The van der Waals surface area contributed by atoms with Crippen LogP contribution in [0.2, 0.25) is 0 Å². The van der Waals surface area contributed by atoms with Gasteiger partial charge in [0.05, 0.1) is 35.2 Å². The van der Waals surface area contributed by atoms with E-state index in [1.54, 1.807) is 0 Å². The topological polar surface area (TPSA) is 73.9 Å². The van der Waals surface area contributed by atoms with E-state index < -0.39 is 0 Å². The minimum atomic E-state index is -0.320. The molecule has 0 amide bonds. The molecule has 0 saturated heterocycles. The molecular formula is C42H35N5O2. The monoisotopic (exact) mass is 641 g/mol. The number of nitrogens with zero attached hydrogens (tertiary/aromatic N) is 5. The van der Waals surface area contributed by atoms with Crippen molar-refractivity contribution >= 4 is 44.4 Å². The number of pyridine rings is 2. The minimum absolute atomic E-state index is 0.310. The van der Waals surface area contributed by atoms with Crippen molar-refractivity contribution in [1.29, 1.82) is 0 Å². The molecule has 2 aliphatic rings. The Morgan fingerprint density at radius 3 is 1.78 bits per heavy atom. The molecule has 0 radical (unpaired) electrons. The van der Waals surface area contributed by atoms with Crippen LogP contribution in [0.15, 0.2) is 126 Å². The van der Waals surface area contributed by atoms with Crippen molar-refractivity contribution in [1.82, 2.24) is 14.5 Å². The van der Waals surface area contributed by atoms with Crippen molar-refractivity contribution in [2.75, 3.05) is 13.1 Å². The van der Waals surface area contributed by atoms with E-state index in [0.29, 0.717) is 24.9 Å². The van der Waals surface area contributed by atoms with Crippen LogP contribution in [0.4, 0.5) is 0 Å². The summed E-state index contributed by atoms with van der Waals surface area (Å²) in [7, 11) is 0. The van der Waals surface area contributed by atoms with Crippen LogP contribution in [0.25, 0.3) is 60.5 Å². The number of aromatic nitrogens is 3. The minimum Gasteiger partial charge on any atom is -0.469 e. The normalized spacial score (nSPS) is 16.5. The number of para-hydroxylation sites is 1. The first-order valence-electron chi connectivity index (χ1n) is 16.7. The van der Waals surface area contributed by atoms with Crippen LogP contribution in [-0.4, -0.2) is 50.6 Å². The highest BCUT2D eigenvalue weighted by molar-refractivity contribution is 6.24. The van der Waals surface area contributed by atoms with Crippen LogP contribution in [0.1, 0.15) is 38.8 Å². The van der Waals surface area contributed by atoms with Crippen molar-refractivity contribution < 1.29 is 9.47 Å². The van der Waals surface area contributed by atoms with E-state index in [0.717, 1.165) is 55.5 Å². The highest BCUT2D eigenvalue weighted by Crippen LogP contribution is 2.42. The average molecular weight is 642 g/mol. The fourth-order valence-corrected chi connectivity index (χ4v) is 7.05. The Labute approximate surface area is 284 Å². The van der Waals surface area contributed by atoms with Gasteiger partial charge in [0.1, 0.15) is 11.2 Å².